The number of esters is 1. The molecule has 116 valence electrons. The molecular formula is C13H15F3N2O3. The first kappa shape index (κ1) is 16.8. The second-order valence-electron chi connectivity index (χ2n) is 4.12. The molecule has 0 aliphatic carbocycles. The molecule has 8 heteroatoms. The third kappa shape index (κ3) is 4.97. The maximum Gasteiger partial charge on any atom is 0.418 e. The van der Waals surface area contributed by atoms with E-state index >= 15 is 0 Å². The first-order valence-electron chi connectivity index (χ1n) is 6.16. The Morgan fingerprint density at radius 1 is 1.29 bits per heavy atom. The van der Waals surface area contributed by atoms with E-state index in [1.165, 1.54) is 19.1 Å². The van der Waals surface area contributed by atoms with Crippen LogP contribution in [0.1, 0.15) is 19.4 Å². The number of para-hydroxylation sites is 1. The molecule has 21 heavy (non-hydrogen) atoms. The fourth-order valence-corrected chi connectivity index (χ4v) is 1.52. The molecule has 0 bridgehead atoms. The molecule has 2 N–H and O–H groups in total. The summed E-state index contributed by atoms with van der Waals surface area (Å²) in [6, 6.07) is 2.66. The quantitative estimate of drug-likeness (QED) is 0.841. The maximum absolute atomic E-state index is 12.7. The van der Waals surface area contributed by atoms with Crippen molar-refractivity contribution in [2.24, 2.45) is 0 Å². The van der Waals surface area contributed by atoms with Crippen LogP contribution < -0.4 is 10.6 Å². The molecule has 0 fully saturated rings. The summed E-state index contributed by atoms with van der Waals surface area (Å²) in [7, 11) is 0. The highest BCUT2D eigenvalue weighted by Gasteiger charge is 2.33. The van der Waals surface area contributed by atoms with Crippen LogP contribution in [0.2, 0.25) is 0 Å². The molecule has 0 aromatic heterocycles. The molecule has 0 aliphatic rings. The van der Waals surface area contributed by atoms with Gasteiger partial charge in [0.25, 0.3) is 0 Å². The van der Waals surface area contributed by atoms with Crippen LogP contribution in [-0.4, -0.2) is 24.6 Å². The van der Waals surface area contributed by atoms with E-state index in [2.05, 4.69) is 15.4 Å². The molecule has 0 saturated carbocycles. The van der Waals surface area contributed by atoms with Crippen LogP contribution >= 0.6 is 0 Å². The predicted molar refractivity (Wildman–Crippen MR) is 69.7 cm³/mol. The van der Waals surface area contributed by atoms with Gasteiger partial charge < -0.3 is 15.4 Å². The Kier molecular flexibility index (Phi) is 5.57. The fourth-order valence-electron chi connectivity index (χ4n) is 1.52. The van der Waals surface area contributed by atoms with Gasteiger partial charge in [-0.2, -0.15) is 13.2 Å². The van der Waals surface area contributed by atoms with E-state index in [-0.39, 0.29) is 6.61 Å². The van der Waals surface area contributed by atoms with E-state index in [0.717, 1.165) is 12.1 Å². The number of halogens is 3. The number of carbonyl (C=O) groups excluding carboxylic acids is 2. The number of benzene rings is 1. The van der Waals surface area contributed by atoms with Crippen molar-refractivity contribution >= 4 is 17.7 Å². The molecule has 0 heterocycles. The van der Waals surface area contributed by atoms with Crippen LogP contribution in [0.25, 0.3) is 0 Å². The minimum atomic E-state index is -4.59. The topological polar surface area (TPSA) is 67.4 Å². The number of ether oxygens (including phenoxy) is 1. The molecule has 0 spiro atoms. The van der Waals surface area contributed by atoms with Crippen LogP contribution in [0.15, 0.2) is 24.3 Å². The third-order valence-electron chi connectivity index (χ3n) is 2.47. The van der Waals surface area contributed by atoms with Crippen molar-refractivity contribution in [3.63, 3.8) is 0 Å². The maximum atomic E-state index is 12.7. The molecular weight excluding hydrogens is 289 g/mol. The minimum Gasteiger partial charge on any atom is -0.464 e. The zero-order valence-corrected chi connectivity index (χ0v) is 11.5. The van der Waals surface area contributed by atoms with Crippen molar-refractivity contribution in [2.45, 2.75) is 26.1 Å². The lowest BCUT2D eigenvalue weighted by molar-refractivity contribution is -0.144. The number of hydrogen-bond donors (Lipinski definition) is 2. The summed E-state index contributed by atoms with van der Waals surface area (Å²) < 4.78 is 42.9. The van der Waals surface area contributed by atoms with E-state index in [1.807, 2.05) is 0 Å². The third-order valence-corrected chi connectivity index (χ3v) is 2.47. The molecule has 1 rings (SSSR count). The standard InChI is InChI=1S/C13H15F3N2O3/c1-3-21-11(19)8(2)17-12(20)18-10-7-5-4-6-9(10)13(14,15)16/h4-8H,3H2,1-2H3,(H2,17,18,20). The highest BCUT2D eigenvalue weighted by Crippen LogP contribution is 2.34. The molecule has 5 nitrogen and oxygen atoms in total. The summed E-state index contributed by atoms with van der Waals surface area (Å²) in [6.45, 7) is 3.11. The lowest BCUT2D eigenvalue weighted by Crippen LogP contribution is -2.42. The van der Waals surface area contributed by atoms with Gasteiger partial charge in [-0.3, -0.25) is 0 Å². The molecule has 1 aromatic rings. The second-order valence-corrected chi connectivity index (χ2v) is 4.12. The van der Waals surface area contributed by atoms with Gasteiger partial charge in [0.15, 0.2) is 0 Å². The Morgan fingerprint density at radius 2 is 1.90 bits per heavy atom. The highest BCUT2D eigenvalue weighted by molar-refractivity contribution is 5.93. The number of alkyl halides is 3. The average Bonchev–Trinajstić information content (AvgIpc) is 2.38. The van der Waals surface area contributed by atoms with Gasteiger partial charge in [0, 0.05) is 0 Å². The first-order valence-corrected chi connectivity index (χ1v) is 6.16. The largest absolute Gasteiger partial charge is 0.464 e. The predicted octanol–water partition coefficient (Wildman–Crippen LogP) is 2.78. The lowest BCUT2D eigenvalue weighted by atomic mass is 10.1. The van der Waals surface area contributed by atoms with Crippen molar-refractivity contribution in [3.05, 3.63) is 29.8 Å². The first-order chi connectivity index (χ1) is 9.75. The Balaban J connectivity index is 2.74. The number of anilines is 1. The number of carbonyl (C=O) groups is 2. The monoisotopic (exact) mass is 304 g/mol. The van der Waals surface area contributed by atoms with Gasteiger partial charge >= 0.3 is 18.2 Å². The van der Waals surface area contributed by atoms with Crippen molar-refractivity contribution in [2.75, 3.05) is 11.9 Å². The van der Waals surface area contributed by atoms with Crippen molar-refractivity contribution in [1.29, 1.82) is 0 Å². The Morgan fingerprint density at radius 3 is 2.48 bits per heavy atom. The van der Waals surface area contributed by atoms with E-state index in [0.29, 0.717) is 0 Å². The molecule has 0 saturated heterocycles. The zero-order chi connectivity index (χ0) is 16.0. The smallest absolute Gasteiger partial charge is 0.418 e. The van der Waals surface area contributed by atoms with Gasteiger partial charge in [0.2, 0.25) is 0 Å². The van der Waals surface area contributed by atoms with E-state index in [9.17, 15) is 22.8 Å². The van der Waals surface area contributed by atoms with Crippen LogP contribution in [0.4, 0.5) is 23.7 Å². The number of amides is 2. The van der Waals surface area contributed by atoms with E-state index in [4.69, 9.17) is 0 Å². The highest BCUT2D eigenvalue weighted by atomic mass is 19.4. The molecule has 2 amide bonds. The van der Waals surface area contributed by atoms with Crippen molar-refractivity contribution in [1.82, 2.24) is 5.32 Å². The van der Waals surface area contributed by atoms with Crippen molar-refractivity contribution < 1.29 is 27.5 Å². The summed E-state index contributed by atoms with van der Waals surface area (Å²) in [4.78, 5) is 22.9. The van der Waals surface area contributed by atoms with Crippen LogP contribution in [0, 0.1) is 0 Å². The summed E-state index contributed by atoms with van der Waals surface area (Å²) in [5, 5.41) is 4.27. The lowest BCUT2D eigenvalue weighted by Gasteiger charge is -2.16. The molecule has 0 radical (unpaired) electrons. The molecule has 1 unspecified atom stereocenters. The molecule has 1 atom stereocenters. The van der Waals surface area contributed by atoms with Crippen LogP contribution in [0.5, 0.6) is 0 Å². The molecule has 0 aliphatic heterocycles. The van der Waals surface area contributed by atoms with E-state index < -0.39 is 35.5 Å². The van der Waals surface area contributed by atoms with Crippen LogP contribution in [-0.2, 0) is 15.7 Å². The SMILES string of the molecule is CCOC(=O)C(C)NC(=O)Nc1ccccc1C(F)(F)F. The Hall–Kier alpha value is -2.25. The minimum absolute atomic E-state index is 0.142. The number of hydrogen-bond acceptors (Lipinski definition) is 3. The number of urea groups is 1. The van der Waals surface area contributed by atoms with Gasteiger partial charge in [-0.1, -0.05) is 12.1 Å². The van der Waals surface area contributed by atoms with Crippen LogP contribution in [0.3, 0.4) is 0 Å². The summed E-state index contributed by atoms with van der Waals surface area (Å²) in [5.41, 5.74) is -1.36. The Labute approximate surface area is 119 Å². The Bertz CT molecular complexity index is 518. The van der Waals surface area contributed by atoms with E-state index in [1.54, 1.807) is 6.92 Å². The summed E-state index contributed by atoms with van der Waals surface area (Å²) in [5.74, 6) is -0.670. The normalized spacial score (nSPS) is 12.4. The average molecular weight is 304 g/mol. The van der Waals surface area contributed by atoms with Gasteiger partial charge in [0.1, 0.15) is 6.04 Å². The van der Waals surface area contributed by atoms with Gasteiger partial charge in [0.05, 0.1) is 17.9 Å². The zero-order valence-electron chi connectivity index (χ0n) is 11.5. The van der Waals surface area contributed by atoms with Crippen molar-refractivity contribution in [3.8, 4) is 0 Å². The summed E-state index contributed by atoms with van der Waals surface area (Å²) >= 11 is 0. The molecule has 1 aromatic carbocycles. The number of nitrogens with one attached hydrogen (secondary N) is 2. The summed E-state index contributed by atoms with van der Waals surface area (Å²) in [6.07, 6.45) is -4.59. The second kappa shape index (κ2) is 6.96. The van der Waals surface area contributed by atoms with Gasteiger partial charge in [-0.05, 0) is 26.0 Å². The van der Waals surface area contributed by atoms with Gasteiger partial charge in [-0.25, -0.2) is 9.59 Å². The van der Waals surface area contributed by atoms with Gasteiger partial charge in [-0.15, -0.1) is 0 Å². The number of rotatable bonds is 4. The fraction of sp³-hybridized carbons (Fsp3) is 0.385.